The molecule has 0 radical (unpaired) electrons. The van der Waals surface area contributed by atoms with Crippen LogP contribution in [0.1, 0.15) is 54.9 Å². The average molecular weight is 512 g/mol. The molecule has 0 aliphatic carbocycles. The Morgan fingerprint density at radius 3 is 2.18 bits per heavy atom. The molecular weight excluding hydrogens is 474 g/mol. The van der Waals surface area contributed by atoms with Gasteiger partial charge in [-0.05, 0) is 51.2 Å². The number of hydrogen-bond donors (Lipinski definition) is 0. The van der Waals surface area contributed by atoms with Crippen LogP contribution in [0.25, 0.3) is 10.2 Å². The predicted molar refractivity (Wildman–Crippen MR) is 135 cm³/mol. The zero-order valence-electron chi connectivity index (χ0n) is 21.5. The first kappa shape index (κ1) is 28.2. The minimum atomic E-state index is -4.04. The standard InChI is InChI=1S/C24H37N3O5S2/c1-15(2)14-18(21(28)26(8)20(16(3)4)22(29)32-24(5,6)7)27(9)34(30,31)23-25-17-12-10-11-13-19(17)33-23/h10-13,15-16,18,20H,14H2,1-9H3/t18-,20-/m0/s1. The molecule has 190 valence electrons. The Labute approximate surface area is 207 Å². The fraction of sp³-hybridized carbons (Fsp3) is 0.625. The van der Waals surface area contributed by atoms with Gasteiger partial charge in [0.05, 0.1) is 10.2 Å². The van der Waals surface area contributed by atoms with Crippen LogP contribution in [-0.2, 0) is 24.3 Å². The minimum absolute atomic E-state index is 0.0365. The van der Waals surface area contributed by atoms with Crippen molar-refractivity contribution in [1.29, 1.82) is 0 Å². The molecule has 8 nitrogen and oxygen atoms in total. The van der Waals surface area contributed by atoms with Crippen LogP contribution in [0.3, 0.4) is 0 Å². The predicted octanol–water partition coefficient (Wildman–Crippen LogP) is 4.16. The molecule has 1 aromatic heterocycles. The van der Waals surface area contributed by atoms with Crippen molar-refractivity contribution >= 4 is 43.5 Å². The number of fused-ring (bicyclic) bond motifs is 1. The summed E-state index contributed by atoms with van der Waals surface area (Å²) in [5, 5.41) is 0. The summed E-state index contributed by atoms with van der Waals surface area (Å²) < 4.78 is 34.3. The lowest BCUT2D eigenvalue weighted by atomic mass is 9.99. The number of thiazole rings is 1. The van der Waals surface area contributed by atoms with Gasteiger partial charge in [-0.2, -0.15) is 4.31 Å². The van der Waals surface area contributed by atoms with Gasteiger partial charge in [0.25, 0.3) is 10.0 Å². The molecule has 34 heavy (non-hydrogen) atoms. The highest BCUT2D eigenvalue weighted by molar-refractivity contribution is 7.91. The smallest absolute Gasteiger partial charge is 0.329 e. The Morgan fingerprint density at radius 2 is 1.68 bits per heavy atom. The number of aromatic nitrogens is 1. The molecule has 0 unspecified atom stereocenters. The van der Waals surface area contributed by atoms with Crippen LogP contribution in [0, 0.1) is 11.8 Å². The summed E-state index contributed by atoms with van der Waals surface area (Å²) >= 11 is 1.07. The van der Waals surface area contributed by atoms with Gasteiger partial charge < -0.3 is 9.64 Å². The second-order valence-corrected chi connectivity index (χ2v) is 13.5. The van der Waals surface area contributed by atoms with Gasteiger partial charge >= 0.3 is 5.97 Å². The summed E-state index contributed by atoms with van der Waals surface area (Å²) in [6, 6.07) is 5.34. The molecule has 10 heteroatoms. The van der Waals surface area contributed by atoms with E-state index >= 15 is 0 Å². The highest BCUT2D eigenvalue weighted by Gasteiger charge is 2.41. The highest BCUT2D eigenvalue weighted by Crippen LogP contribution is 2.29. The minimum Gasteiger partial charge on any atom is -0.458 e. The number of carbonyl (C=O) groups is 2. The van der Waals surface area contributed by atoms with E-state index in [0.717, 1.165) is 20.3 Å². The van der Waals surface area contributed by atoms with Crippen molar-refractivity contribution in [2.45, 2.75) is 76.9 Å². The number of benzene rings is 1. The van der Waals surface area contributed by atoms with E-state index in [9.17, 15) is 18.0 Å². The molecule has 1 heterocycles. The van der Waals surface area contributed by atoms with E-state index in [4.69, 9.17) is 4.74 Å². The third-order valence-electron chi connectivity index (χ3n) is 5.34. The van der Waals surface area contributed by atoms with Gasteiger partial charge in [0, 0.05) is 14.1 Å². The van der Waals surface area contributed by atoms with E-state index in [2.05, 4.69) is 4.98 Å². The second kappa shape index (κ2) is 10.7. The number of para-hydroxylation sites is 1. The molecule has 0 fully saturated rings. The summed E-state index contributed by atoms with van der Waals surface area (Å²) in [7, 11) is -1.11. The molecule has 0 N–H and O–H groups in total. The van der Waals surface area contributed by atoms with Crippen LogP contribution >= 0.6 is 11.3 Å². The maximum atomic E-state index is 13.7. The van der Waals surface area contributed by atoms with Crippen molar-refractivity contribution in [3.8, 4) is 0 Å². The molecule has 2 aromatic rings. The van der Waals surface area contributed by atoms with E-state index in [0.29, 0.717) is 11.9 Å². The second-order valence-electron chi connectivity index (χ2n) is 10.3. The van der Waals surface area contributed by atoms with Crippen LogP contribution in [0.5, 0.6) is 0 Å². The van der Waals surface area contributed by atoms with Crippen molar-refractivity contribution in [1.82, 2.24) is 14.2 Å². The van der Waals surface area contributed by atoms with E-state index in [1.165, 1.54) is 19.0 Å². The number of nitrogens with zero attached hydrogens (tertiary/aromatic N) is 3. The number of amides is 1. The first-order valence-corrected chi connectivity index (χ1v) is 13.6. The maximum Gasteiger partial charge on any atom is 0.329 e. The van der Waals surface area contributed by atoms with Crippen LogP contribution in [0.4, 0.5) is 0 Å². The van der Waals surface area contributed by atoms with Crippen LogP contribution < -0.4 is 0 Å². The molecule has 2 rings (SSSR count). The topological polar surface area (TPSA) is 96.9 Å². The summed E-state index contributed by atoms with van der Waals surface area (Å²) in [6.07, 6.45) is 0.295. The van der Waals surface area contributed by atoms with Crippen molar-refractivity contribution < 1.29 is 22.7 Å². The Balaban J connectivity index is 2.42. The molecular formula is C24H37N3O5S2. The summed E-state index contributed by atoms with van der Waals surface area (Å²) in [4.78, 5) is 32.2. The Morgan fingerprint density at radius 1 is 1.09 bits per heavy atom. The molecule has 0 spiro atoms. The Kier molecular flexibility index (Phi) is 8.88. The first-order chi connectivity index (χ1) is 15.6. The molecule has 0 bridgehead atoms. The lowest BCUT2D eigenvalue weighted by molar-refractivity contribution is -0.166. The fourth-order valence-electron chi connectivity index (χ4n) is 3.72. The van der Waals surface area contributed by atoms with Gasteiger partial charge in [-0.1, -0.05) is 39.8 Å². The van der Waals surface area contributed by atoms with Crippen LogP contribution in [-0.4, -0.2) is 66.3 Å². The molecule has 2 atom stereocenters. The lowest BCUT2D eigenvalue weighted by Crippen LogP contribution is -2.55. The molecule has 1 aromatic carbocycles. The molecule has 0 saturated carbocycles. The number of carbonyl (C=O) groups excluding carboxylic acids is 2. The number of rotatable bonds is 9. The summed E-state index contributed by atoms with van der Waals surface area (Å²) in [5.74, 6) is -1.16. The van der Waals surface area contributed by atoms with Crippen molar-refractivity contribution in [3.05, 3.63) is 24.3 Å². The maximum absolute atomic E-state index is 13.7. The summed E-state index contributed by atoms with van der Waals surface area (Å²) in [6.45, 7) is 12.8. The van der Waals surface area contributed by atoms with E-state index in [1.807, 2.05) is 39.8 Å². The molecule has 1 amide bonds. The number of likely N-dealkylation sites (N-methyl/N-ethyl adjacent to an activating group) is 2. The Bertz CT molecular complexity index is 1090. The quantitative estimate of drug-likeness (QED) is 0.469. The number of hydrogen-bond acceptors (Lipinski definition) is 7. The third-order valence-corrected chi connectivity index (χ3v) is 8.60. The molecule has 0 saturated heterocycles. The van der Waals surface area contributed by atoms with E-state index < -0.39 is 39.6 Å². The molecule has 0 aliphatic heterocycles. The lowest BCUT2D eigenvalue weighted by Gasteiger charge is -2.36. The number of ether oxygens (including phenoxy) is 1. The van der Waals surface area contributed by atoms with Gasteiger partial charge in [0.1, 0.15) is 17.7 Å². The van der Waals surface area contributed by atoms with Crippen molar-refractivity contribution in [2.75, 3.05) is 14.1 Å². The normalized spacial score (nSPS) is 14.6. The van der Waals surface area contributed by atoms with E-state index in [-0.39, 0.29) is 16.2 Å². The Hall–Kier alpha value is -2.04. The van der Waals surface area contributed by atoms with Crippen LogP contribution in [0.15, 0.2) is 28.6 Å². The third kappa shape index (κ3) is 6.55. The fourth-order valence-corrected chi connectivity index (χ4v) is 6.43. The first-order valence-electron chi connectivity index (χ1n) is 11.4. The SMILES string of the molecule is CC(C)C[C@@H](C(=O)N(C)[C@H](C(=O)OC(C)(C)C)C(C)C)N(C)S(=O)(=O)c1nc2ccccc2s1. The van der Waals surface area contributed by atoms with Gasteiger partial charge in [0.2, 0.25) is 10.2 Å². The van der Waals surface area contributed by atoms with E-state index in [1.54, 1.807) is 32.9 Å². The summed E-state index contributed by atoms with van der Waals surface area (Å²) in [5.41, 5.74) is -0.119. The van der Waals surface area contributed by atoms with Gasteiger partial charge in [-0.15, -0.1) is 11.3 Å². The molecule has 0 aliphatic rings. The van der Waals surface area contributed by atoms with Gasteiger partial charge in [-0.25, -0.2) is 18.2 Å². The zero-order valence-corrected chi connectivity index (χ0v) is 23.2. The van der Waals surface area contributed by atoms with Crippen LogP contribution in [0.2, 0.25) is 0 Å². The largest absolute Gasteiger partial charge is 0.458 e. The zero-order chi connectivity index (χ0) is 26.0. The number of sulfonamides is 1. The van der Waals surface area contributed by atoms with Gasteiger partial charge in [0.15, 0.2) is 0 Å². The average Bonchev–Trinajstić information content (AvgIpc) is 3.14. The highest BCUT2D eigenvalue weighted by atomic mass is 32.2. The van der Waals surface area contributed by atoms with Crippen molar-refractivity contribution in [3.63, 3.8) is 0 Å². The number of esters is 1. The monoisotopic (exact) mass is 511 g/mol. The van der Waals surface area contributed by atoms with Gasteiger partial charge in [-0.3, -0.25) is 4.79 Å². The van der Waals surface area contributed by atoms with Crippen molar-refractivity contribution in [2.24, 2.45) is 11.8 Å².